The van der Waals surface area contributed by atoms with Crippen LogP contribution in [0.1, 0.15) is 45.4 Å². The summed E-state index contributed by atoms with van der Waals surface area (Å²) < 4.78 is 0. The molecule has 1 aliphatic heterocycles. The average molecular weight is 240 g/mol. The van der Waals surface area contributed by atoms with Crippen LogP contribution in [0.5, 0.6) is 0 Å². The molecule has 1 aliphatic carbocycles. The molecule has 3 heteroatoms. The molecule has 0 aromatic rings. The molecule has 0 spiro atoms. The van der Waals surface area contributed by atoms with Crippen LogP contribution in [-0.4, -0.2) is 48.3 Å². The minimum absolute atomic E-state index is 0.307. The molecular formula is C14H28N2O. The minimum Gasteiger partial charge on any atom is -0.396 e. The topological polar surface area (TPSA) is 35.5 Å². The first kappa shape index (κ1) is 13.3. The zero-order valence-electron chi connectivity index (χ0n) is 11.2. The number of aliphatic hydroxyl groups is 1. The van der Waals surface area contributed by atoms with Gasteiger partial charge in [0.05, 0.1) is 0 Å². The maximum atomic E-state index is 8.82. The molecule has 1 saturated carbocycles. The zero-order valence-corrected chi connectivity index (χ0v) is 11.2. The van der Waals surface area contributed by atoms with Gasteiger partial charge in [-0.15, -0.1) is 0 Å². The molecule has 3 nitrogen and oxygen atoms in total. The number of aliphatic hydroxyl groups excluding tert-OH is 1. The van der Waals surface area contributed by atoms with Gasteiger partial charge in [0, 0.05) is 31.8 Å². The molecule has 2 unspecified atom stereocenters. The Labute approximate surface area is 106 Å². The predicted octanol–water partition coefficient (Wildman–Crippen LogP) is 1.61. The monoisotopic (exact) mass is 240 g/mol. The number of nitrogens with one attached hydrogen (secondary N) is 1. The van der Waals surface area contributed by atoms with Gasteiger partial charge in [0.15, 0.2) is 0 Å². The van der Waals surface area contributed by atoms with Crippen molar-refractivity contribution < 1.29 is 5.11 Å². The van der Waals surface area contributed by atoms with E-state index in [1.54, 1.807) is 0 Å². The lowest BCUT2D eigenvalue weighted by Gasteiger charge is -2.40. The molecule has 2 rings (SSSR count). The molecule has 17 heavy (non-hydrogen) atoms. The van der Waals surface area contributed by atoms with E-state index in [4.69, 9.17) is 5.11 Å². The van der Waals surface area contributed by atoms with Gasteiger partial charge in [0.2, 0.25) is 0 Å². The summed E-state index contributed by atoms with van der Waals surface area (Å²) in [6, 6.07) is 1.51. The number of nitrogens with zero attached hydrogens (tertiary/aromatic N) is 1. The van der Waals surface area contributed by atoms with Crippen LogP contribution in [0.2, 0.25) is 0 Å². The van der Waals surface area contributed by atoms with Gasteiger partial charge in [-0.3, -0.25) is 4.90 Å². The maximum Gasteiger partial charge on any atom is 0.0443 e. The average Bonchev–Trinajstić information content (AvgIpc) is 2.82. The van der Waals surface area contributed by atoms with Crippen molar-refractivity contribution in [2.24, 2.45) is 5.92 Å². The Bertz CT molecular complexity index is 216. The van der Waals surface area contributed by atoms with Crippen molar-refractivity contribution in [2.75, 3.05) is 26.2 Å². The van der Waals surface area contributed by atoms with Crippen LogP contribution in [0.25, 0.3) is 0 Å². The molecule has 0 aromatic heterocycles. The lowest BCUT2D eigenvalue weighted by molar-refractivity contribution is 0.105. The number of hydrogen-bond acceptors (Lipinski definition) is 3. The Morgan fingerprint density at radius 2 is 2.00 bits per heavy atom. The number of likely N-dealkylation sites (tertiary alicyclic amines) is 1. The van der Waals surface area contributed by atoms with E-state index in [0.29, 0.717) is 12.6 Å². The van der Waals surface area contributed by atoms with Gasteiger partial charge >= 0.3 is 0 Å². The fraction of sp³-hybridized carbons (Fsp3) is 1.00. The molecule has 1 heterocycles. The Balaban J connectivity index is 1.78. The lowest BCUT2D eigenvalue weighted by atomic mass is 9.94. The second-order valence-electron chi connectivity index (χ2n) is 5.96. The standard InChI is InChI=1S/C14H28N2O/c1-12-9-13(15-7-4-8-17)11-16(10-12)14-5-2-3-6-14/h12-15,17H,2-11H2,1H3. The van der Waals surface area contributed by atoms with Crippen molar-refractivity contribution in [1.29, 1.82) is 0 Å². The Morgan fingerprint density at radius 3 is 2.71 bits per heavy atom. The third-order valence-electron chi connectivity index (χ3n) is 4.30. The zero-order chi connectivity index (χ0) is 12.1. The molecular weight excluding hydrogens is 212 g/mol. The molecule has 0 radical (unpaired) electrons. The van der Waals surface area contributed by atoms with Crippen molar-refractivity contribution in [3.05, 3.63) is 0 Å². The van der Waals surface area contributed by atoms with Crippen molar-refractivity contribution in [2.45, 2.75) is 57.5 Å². The quantitative estimate of drug-likeness (QED) is 0.717. The van der Waals surface area contributed by atoms with E-state index in [1.807, 2.05) is 0 Å². The summed E-state index contributed by atoms with van der Waals surface area (Å²) in [6.07, 6.45) is 7.87. The first-order valence-corrected chi connectivity index (χ1v) is 7.38. The van der Waals surface area contributed by atoms with Crippen LogP contribution < -0.4 is 5.32 Å². The first-order valence-electron chi connectivity index (χ1n) is 7.38. The van der Waals surface area contributed by atoms with E-state index < -0.39 is 0 Å². The van der Waals surface area contributed by atoms with Gasteiger partial charge < -0.3 is 10.4 Å². The summed E-state index contributed by atoms with van der Waals surface area (Å²) in [6.45, 7) is 6.17. The Morgan fingerprint density at radius 1 is 1.24 bits per heavy atom. The third kappa shape index (κ3) is 3.94. The molecule has 1 saturated heterocycles. The van der Waals surface area contributed by atoms with Gasteiger partial charge in [-0.2, -0.15) is 0 Å². The van der Waals surface area contributed by atoms with E-state index in [2.05, 4.69) is 17.1 Å². The van der Waals surface area contributed by atoms with Gasteiger partial charge in [-0.25, -0.2) is 0 Å². The largest absolute Gasteiger partial charge is 0.396 e. The summed E-state index contributed by atoms with van der Waals surface area (Å²) in [5.74, 6) is 0.816. The lowest BCUT2D eigenvalue weighted by Crippen LogP contribution is -2.51. The van der Waals surface area contributed by atoms with E-state index in [0.717, 1.165) is 24.9 Å². The third-order valence-corrected chi connectivity index (χ3v) is 4.30. The van der Waals surface area contributed by atoms with Crippen molar-refractivity contribution in [1.82, 2.24) is 10.2 Å². The fourth-order valence-corrected chi connectivity index (χ4v) is 3.49. The van der Waals surface area contributed by atoms with Gasteiger partial charge in [-0.05, 0) is 38.1 Å². The summed E-state index contributed by atoms with van der Waals surface area (Å²) >= 11 is 0. The second-order valence-corrected chi connectivity index (χ2v) is 5.96. The molecule has 2 fully saturated rings. The summed E-state index contributed by atoms with van der Waals surface area (Å²) in [7, 11) is 0. The number of piperidine rings is 1. The highest BCUT2D eigenvalue weighted by molar-refractivity contribution is 4.87. The van der Waals surface area contributed by atoms with Crippen LogP contribution in [0, 0.1) is 5.92 Å². The summed E-state index contributed by atoms with van der Waals surface area (Å²) in [5, 5.41) is 12.4. The predicted molar refractivity (Wildman–Crippen MR) is 71.1 cm³/mol. The summed E-state index contributed by atoms with van der Waals surface area (Å²) in [4.78, 5) is 2.72. The Kier molecular flexibility index (Phi) is 5.26. The number of hydrogen-bond donors (Lipinski definition) is 2. The maximum absolute atomic E-state index is 8.82. The minimum atomic E-state index is 0.307. The fourth-order valence-electron chi connectivity index (χ4n) is 3.49. The van der Waals surface area contributed by atoms with Crippen LogP contribution in [0.15, 0.2) is 0 Å². The first-order chi connectivity index (χ1) is 8.29. The highest BCUT2D eigenvalue weighted by Crippen LogP contribution is 2.27. The van der Waals surface area contributed by atoms with E-state index in [-0.39, 0.29) is 0 Å². The normalized spacial score (nSPS) is 32.1. The molecule has 0 bridgehead atoms. The van der Waals surface area contributed by atoms with Crippen LogP contribution in [0.3, 0.4) is 0 Å². The van der Waals surface area contributed by atoms with Crippen LogP contribution in [-0.2, 0) is 0 Å². The summed E-state index contributed by atoms with van der Waals surface area (Å²) in [5.41, 5.74) is 0. The Hall–Kier alpha value is -0.120. The van der Waals surface area contributed by atoms with Crippen molar-refractivity contribution in [3.8, 4) is 0 Å². The van der Waals surface area contributed by atoms with Gasteiger partial charge in [0.1, 0.15) is 0 Å². The smallest absolute Gasteiger partial charge is 0.0443 e. The number of rotatable bonds is 5. The van der Waals surface area contributed by atoms with E-state index in [9.17, 15) is 0 Å². The highest BCUT2D eigenvalue weighted by Gasteiger charge is 2.30. The van der Waals surface area contributed by atoms with Crippen molar-refractivity contribution >= 4 is 0 Å². The molecule has 100 valence electrons. The van der Waals surface area contributed by atoms with E-state index >= 15 is 0 Å². The van der Waals surface area contributed by atoms with Crippen molar-refractivity contribution in [3.63, 3.8) is 0 Å². The highest BCUT2D eigenvalue weighted by atomic mass is 16.3. The molecule has 0 amide bonds. The van der Waals surface area contributed by atoms with E-state index in [1.165, 1.54) is 45.2 Å². The molecule has 2 N–H and O–H groups in total. The molecule has 2 atom stereocenters. The second kappa shape index (κ2) is 6.72. The van der Waals surface area contributed by atoms with Crippen LogP contribution >= 0.6 is 0 Å². The molecule has 2 aliphatic rings. The SMILES string of the molecule is CC1CC(NCCCO)CN(C2CCCC2)C1. The van der Waals surface area contributed by atoms with Gasteiger partial charge in [0.25, 0.3) is 0 Å². The van der Waals surface area contributed by atoms with Gasteiger partial charge in [-0.1, -0.05) is 19.8 Å². The van der Waals surface area contributed by atoms with Crippen LogP contribution in [0.4, 0.5) is 0 Å². The molecule has 0 aromatic carbocycles.